The molecule has 0 saturated heterocycles. The fraction of sp³-hybridized carbons (Fsp3) is 0.167. The number of benzene rings is 2. The van der Waals surface area contributed by atoms with Gasteiger partial charge in [0.1, 0.15) is 11.6 Å². The van der Waals surface area contributed by atoms with Gasteiger partial charge in [-0.25, -0.2) is 13.6 Å². The van der Waals surface area contributed by atoms with Gasteiger partial charge in [-0.05, 0) is 30.3 Å². The largest absolute Gasteiger partial charge is 0.493 e. The van der Waals surface area contributed by atoms with Gasteiger partial charge in [-0.2, -0.15) is 0 Å². The van der Waals surface area contributed by atoms with Crippen LogP contribution in [0.25, 0.3) is 0 Å². The summed E-state index contributed by atoms with van der Waals surface area (Å²) in [7, 11) is 1.27. The van der Waals surface area contributed by atoms with Crippen molar-refractivity contribution in [1.82, 2.24) is 0 Å². The Kier molecular flexibility index (Phi) is 6.89. The lowest BCUT2D eigenvalue weighted by Crippen LogP contribution is -2.20. The van der Waals surface area contributed by atoms with Gasteiger partial charge in [0.25, 0.3) is 5.91 Å². The molecular formula is C18H14ClF2NO6. The van der Waals surface area contributed by atoms with Gasteiger partial charge in [0.05, 0.1) is 23.3 Å². The first kappa shape index (κ1) is 21.1. The Morgan fingerprint density at radius 3 is 2.46 bits per heavy atom. The molecule has 0 heterocycles. The summed E-state index contributed by atoms with van der Waals surface area (Å²) in [5.41, 5.74) is 4.35. The Labute approximate surface area is 162 Å². The minimum absolute atomic E-state index is 0.0163. The molecule has 2 aromatic carbocycles. The van der Waals surface area contributed by atoms with Crippen LogP contribution in [0, 0.1) is 11.6 Å². The lowest BCUT2D eigenvalue weighted by atomic mass is 10.1. The summed E-state index contributed by atoms with van der Waals surface area (Å²) in [4.78, 5) is 34.9. The van der Waals surface area contributed by atoms with Crippen LogP contribution < -0.4 is 15.2 Å². The second-order valence-corrected chi connectivity index (χ2v) is 5.78. The highest BCUT2D eigenvalue weighted by molar-refractivity contribution is 6.32. The van der Waals surface area contributed by atoms with E-state index in [0.29, 0.717) is 6.07 Å². The molecule has 0 aliphatic carbocycles. The molecule has 0 aliphatic heterocycles. The number of halogens is 3. The van der Waals surface area contributed by atoms with Crippen molar-refractivity contribution in [3.05, 3.63) is 58.1 Å². The molecule has 0 fully saturated rings. The fourth-order valence-electron chi connectivity index (χ4n) is 2.12. The van der Waals surface area contributed by atoms with Crippen LogP contribution in [-0.4, -0.2) is 38.0 Å². The number of primary amides is 1. The Morgan fingerprint density at radius 1 is 1.11 bits per heavy atom. The third kappa shape index (κ3) is 5.17. The van der Waals surface area contributed by atoms with E-state index in [0.717, 1.165) is 18.2 Å². The normalized spacial score (nSPS) is 10.3. The molecule has 1 amide bonds. The molecule has 0 aromatic heterocycles. The van der Waals surface area contributed by atoms with Crippen LogP contribution in [0.1, 0.15) is 20.7 Å². The second-order valence-electron chi connectivity index (χ2n) is 5.37. The maximum atomic E-state index is 13.6. The monoisotopic (exact) mass is 413 g/mol. The minimum Gasteiger partial charge on any atom is -0.493 e. The van der Waals surface area contributed by atoms with E-state index in [9.17, 15) is 23.2 Å². The number of hydrogen-bond acceptors (Lipinski definition) is 6. The number of rotatable bonds is 8. The third-order valence-corrected chi connectivity index (χ3v) is 3.67. The van der Waals surface area contributed by atoms with E-state index in [1.54, 1.807) is 0 Å². The molecule has 7 nitrogen and oxygen atoms in total. The molecule has 148 valence electrons. The van der Waals surface area contributed by atoms with Crippen LogP contribution in [0.15, 0.2) is 30.3 Å². The quantitative estimate of drug-likeness (QED) is 0.526. The molecule has 2 rings (SSSR count). The smallest absolute Gasteiger partial charge is 0.338 e. The molecule has 0 unspecified atom stereocenters. The Bertz CT molecular complexity index is 935. The molecule has 2 N–H and O–H groups in total. The maximum Gasteiger partial charge on any atom is 0.338 e. The number of carbonyl (C=O) groups is 3. The number of carbonyl (C=O) groups excluding carboxylic acids is 3. The predicted molar refractivity (Wildman–Crippen MR) is 93.7 cm³/mol. The molecule has 2 aromatic rings. The molecule has 10 heteroatoms. The first-order valence-corrected chi connectivity index (χ1v) is 8.04. The van der Waals surface area contributed by atoms with E-state index >= 15 is 0 Å². The second kappa shape index (κ2) is 9.14. The van der Waals surface area contributed by atoms with Gasteiger partial charge in [-0.1, -0.05) is 11.6 Å². The van der Waals surface area contributed by atoms with Gasteiger partial charge < -0.3 is 19.9 Å². The summed E-state index contributed by atoms with van der Waals surface area (Å²) in [6.45, 7) is -1.29. The van der Waals surface area contributed by atoms with Gasteiger partial charge >= 0.3 is 5.97 Å². The van der Waals surface area contributed by atoms with E-state index < -0.39 is 48.1 Å². The first-order valence-electron chi connectivity index (χ1n) is 7.67. The van der Waals surface area contributed by atoms with E-state index in [4.69, 9.17) is 31.5 Å². The van der Waals surface area contributed by atoms with Crippen LogP contribution in [0.5, 0.6) is 11.5 Å². The average molecular weight is 414 g/mol. The van der Waals surface area contributed by atoms with Crippen molar-refractivity contribution < 1.29 is 37.4 Å². The van der Waals surface area contributed by atoms with Gasteiger partial charge in [0.2, 0.25) is 5.78 Å². The highest BCUT2D eigenvalue weighted by Crippen LogP contribution is 2.36. The Hall–Kier alpha value is -3.20. The highest BCUT2D eigenvalue weighted by Gasteiger charge is 2.20. The summed E-state index contributed by atoms with van der Waals surface area (Å²) >= 11 is 6.01. The summed E-state index contributed by atoms with van der Waals surface area (Å²) < 4.78 is 41.7. The summed E-state index contributed by atoms with van der Waals surface area (Å²) in [5, 5.41) is -0.0740. The van der Waals surface area contributed by atoms with Gasteiger partial charge in [0.15, 0.2) is 24.7 Å². The number of nitrogens with two attached hydrogens (primary N) is 1. The molecule has 28 heavy (non-hydrogen) atoms. The number of hydrogen-bond donors (Lipinski definition) is 1. The van der Waals surface area contributed by atoms with Crippen LogP contribution >= 0.6 is 11.6 Å². The number of amides is 1. The number of Topliss-reactive ketones (excluding diaryl/α,β-unsaturated/α-hetero) is 1. The van der Waals surface area contributed by atoms with E-state index in [1.807, 2.05) is 0 Å². The van der Waals surface area contributed by atoms with Crippen molar-refractivity contribution in [2.24, 2.45) is 5.73 Å². The van der Waals surface area contributed by atoms with Crippen LogP contribution in [0.2, 0.25) is 5.02 Å². The zero-order valence-corrected chi connectivity index (χ0v) is 15.2. The van der Waals surface area contributed by atoms with Gasteiger partial charge in [-0.15, -0.1) is 0 Å². The number of esters is 1. The lowest BCUT2D eigenvalue weighted by molar-refractivity contribution is -0.119. The number of ketones is 1. The summed E-state index contributed by atoms with van der Waals surface area (Å²) in [6, 6.07) is 4.72. The van der Waals surface area contributed by atoms with Crippen molar-refractivity contribution in [2.45, 2.75) is 0 Å². The standard InChI is InChI=1S/C18H14ClF2NO6/c1-26-15-5-9(4-12(19)17(15)27-8-16(22)24)18(25)28-7-14(23)11-6-10(20)2-3-13(11)21/h2-6H,7-8H2,1H3,(H2,22,24). The first-order chi connectivity index (χ1) is 13.2. The molecule has 0 saturated carbocycles. The van der Waals surface area contributed by atoms with Crippen molar-refractivity contribution in [3.63, 3.8) is 0 Å². The van der Waals surface area contributed by atoms with E-state index in [-0.39, 0.29) is 22.1 Å². The molecule has 0 aliphatic rings. The van der Waals surface area contributed by atoms with E-state index in [1.165, 1.54) is 13.2 Å². The zero-order chi connectivity index (χ0) is 20.8. The molecular weight excluding hydrogens is 400 g/mol. The van der Waals surface area contributed by atoms with Crippen molar-refractivity contribution >= 4 is 29.3 Å². The Balaban J connectivity index is 2.13. The van der Waals surface area contributed by atoms with Crippen LogP contribution in [-0.2, 0) is 9.53 Å². The lowest BCUT2D eigenvalue weighted by Gasteiger charge is -2.13. The third-order valence-electron chi connectivity index (χ3n) is 3.39. The minimum atomic E-state index is -0.966. The fourth-order valence-corrected chi connectivity index (χ4v) is 2.39. The topological polar surface area (TPSA) is 105 Å². The number of methoxy groups -OCH3 is 1. The molecule has 0 atom stereocenters. The summed E-state index contributed by atoms with van der Waals surface area (Å²) in [6.07, 6.45) is 0. The van der Waals surface area contributed by atoms with Crippen LogP contribution in [0.3, 0.4) is 0 Å². The van der Waals surface area contributed by atoms with Crippen molar-refractivity contribution in [1.29, 1.82) is 0 Å². The van der Waals surface area contributed by atoms with Crippen LogP contribution in [0.4, 0.5) is 8.78 Å². The maximum absolute atomic E-state index is 13.6. The highest BCUT2D eigenvalue weighted by atomic mass is 35.5. The van der Waals surface area contributed by atoms with Gasteiger partial charge in [-0.3, -0.25) is 9.59 Å². The van der Waals surface area contributed by atoms with Crippen molar-refractivity contribution in [3.8, 4) is 11.5 Å². The average Bonchev–Trinajstić information content (AvgIpc) is 2.65. The van der Waals surface area contributed by atoms with Gasteiger partial charge in [0, 0.05) is 0 Å². The summed E-state index contributed by atoms with van der Waals surface area (Å²) in [5.74, 6) is -4.38. The molecule has 0 spiro atoms. The zero-order valence-electron chi connectivity index (χ0n) is 14.5. The SMILES string of the molecule is COc1cc(C(=O)OCC(=O)c2cc(F)ccc2F)cc(Cl)c1OCC(N)=O. The van der Waals surface area contributed by atoms with E-state index in [2.05, 4.69) is 0 Å². The number of ether oxygens (including phenoxy) is 3. The molecule has 0 bridgehead atoms. The predicted octanol–water partition coefficient (Wildman–Crippen LogP) is 2.53. The van der Waals surface area contributed by atoms with Crippen molar-refractivity contribution in [2.75, 3.05) is 20.3 Å². The Morgan fingerprint density at radius 2 is 1.82 bits per heavy atom. The molecule has 0 radical (unpaired) electrons.